The molecular formula is C16H8BrNO3S. The van der Waals surface area contributed by atoms with Gasteiger partial charge in [-0.3, -0.25) is 4.79 Å². The van der Waals surface area contributed by atoms with E-state index in [1.165, 1.54) is 0 Å². The standard InChI is InChI=1S/C16H8BrNO3S/c17-14-13-7-3-1-2-4-11(7)22-12(13)5-8-10(19)6-9(16(20)21)18-15(8)14/h1-6H,(H,18,19)(H,20,21). The molecule has 0 saturated heterocycles. The van der Waals surface area contributed by atoms with Gasteiger partial charge in [0.25, 0.3) is 0 Å². The van der Waals surface area contributed by atoms with Gasteiger partial charge in [0.1, 0.15) is 5.69 Å². The molecule has 2 aromatic carbocycles. The normalized spacial score (nSPS) is 11.5. The second kappa shape index (κ2) is 4.66. The van der Waals surface area contributed by atoms with Crippen molar-refractivity contribution in [1.82, 2.24) is 4.98 Å². The third-order valence-corrected chi connectivity index (χ3v) is 5.55. The molecule has 0 aliphatic heterocycles. The molecule has 0 aliphatic rings. The summed E-state index contributed by atoms with van der Waals surface area (Å²) in [7, 11) is 0. The molecule has 4 rings (SSSR count). The molecule has 2 N–H and O–H groups in total. The predicted octanol–water partition coefficient (Wildman–Crippen LogP) is 4.36. The van der Waals surface area contributed by atoms with Crippen LogP contribution < -0.4 is 5.43 Å². The van der Waals surface area contributed by atoms with E-state index in [9.17, 15) is 9.59 Å². The Hall–Kier alpha value is -2.18. The molecular weight excluding hydrogens is 366 g/mol. The lowest BCUT2D eigenvalue weighted by Crippen LogP contribution is -2.09. The fourth-order valence-electron chi connectivity index (χ4n) is 2.65. The molecule has 0 amide bonds. The molecule has 0 saturated carbocycles. The highest BCUT2D eigenvalue weighted by Gasteiger charge is 2.15. The summed E-state index contributed by atoms with van der Waals surface area (Å²) >= 11 is 5.15. The number of hydrogen-bond donors (Lipinski definition) is 2. The van der Waals surface area contributed by atoms with E-state index in [1.54, 1.807) is 11.3 Å². The minimum atomic E-state index is -1.15. The largest absolute Gasteiger partial charge is 0.477 e. The predicted molar refractivity (Wildman–Crippen MR) is 92.1 cm³/mol. The Morgan fingerprint density at radius 3 is 2.68 bits per heavy atom. The molecule has 2 heterocycles. The summed E-state index contributed by atoms with van der Waals surface area (Å²) in [6.45, 7) is 0. The van der Waals surface area contributed by atoms with Gasteiger partial charge in [-0.05, 0) is 28.1 Å². The molecule has 22 heavy (non-hydrogen) atoms. The first-order valence-corrected chi connectivity index (χ1v) is 8.07. The van der Waals surface area contributed by atoms with Crippen molar-refractivity contribution in [3.8, 4) is 0 Å². The minimum absolute atomic E-state index is 0.114. The lowest BCUT2D eigenvalue weighted by Gasteiger charge is -2.05. The summed E-state index contributed by atoms with van der Waals surface area (Å²) in [6, 6.07) is 10.9. The number of H-pyrrole nitrogens is 1. The van der Waals surface area contributed by atoms with Crippen molar-refractivity contribution in [2.45, 2.75) is 0 Å². The summed E-state index contributed by atoms with van der Waals surface area (Å²) in [6.07, 6.45) is 0. The van der Waals surface area contributed by atoms with E-state index >= 15 is 0 Å². The molecule has 0 atom stereocenters. The maximum absolute atomic E-state index is 12.2. The van der Waals surface area contributed by atoms with Gasteiger partial charge in [0.15, 0.2) is 5.43 Å². The van der Waals surface area contributed by atoms with Crippen LogP contribution >= 0.6 is 27.3 Å². The average Bonchev–Trinajstić information content (AvgIpc) is 2.86. The Morgan fingerprint density at radius 1 is 1.14 bits per heavy atom. The number of aromatic nitrogens is 1. The summed E-state index contributed by atoms with van der Waals surface area (Å²) in [5, 5.41) is 11.7. The molecule has 0 unspecified atom stereocenters. The zero-order valence-corrected chi connectivity index (χ0v) is 13.4. The maximum Gasteiger partial charge on any atom is 0.352 e. The van der Waals surface area contributed by atoms with E-state index < -0.39 is 5.97 Å². The average molecular weight is 374 g/mol. The number of aromatic carboxylic acids is 1. The number of pyridine rings is 1. The summed E-state index contributed by atoms with van der Waals surface area (Å²) in [4.78, 5) is 26.2. The maximum atomic E-state index is 12.2. The van der Waals surface area contributed by atoms with Gasteiger partial charge in [-0.1, -0.05) is 18.2 Å². The first-order valence-electron chi connectivity index (χ1n) is 6.46. The topological polar surface area (TPSA) is 70.2 Å². The minimum Gasteiger partial charge on any atom is -0.477 e. The molecule has 0 radical (unpaired) electrons. The van der Waals surface area contributed by atoms with Gasteiger partial charge in [-0.15, -0.1) is 11.3 Å². The third kappa shape index (κ3) is 1.81. The number of carboxylic acids is 1. The zero-order valence-electron chi connectivity index (χ0n) is 11.0. The first kappa shape index (κ1) is 13.5. The Balaban J connectivity index is 2.27. The van der Waals surface area contributed by atoms with Crippen LogP contribution in [-0.4, -0.2) is 16.1 Å². The van der Waals surface area contributed by atoms with E-state index in [1.807, 2.05) is 30.3 Å². The van der Waals surface area contributed by atoms with E-state index in [-0.39, 0.29) is 11.1 Å². The van der Waals surface area contributed by atoms with Crippen LogP contribution in [0.5, 0.6) is 0 Å². The number of carboxylic acid groups (broad SMARTS) is 1. The summed E-state index contributed by atoms with van der Waals surface area (Å²) in [5.74, 6) is -1.15. The van der Waals surface area contributed by atoms with E-state index in [2.05, 4.69) is 20.9 Å². The van der Waals surface area contributed by atoms with Gasteiger partial charge in [-0.2, -0.15) is 0 Å². The number of aromatic amines is 1. The van der Waals surface area contributed by atoms with Gasteiger partial charge in [0.2, 0.25) is 0 Å². The molecule has 4 nitrogen and oxygen atoms in total. The van der Waals surface area contributed by atoms with Crippen LogP contribution in [-0.2, 0) is 0 Å². The Kier molecular flexibility index (Phi) is 2.85. The van der Waals surface area contributed by atoms with Crippen molar-refractivity contribution in [3.05, 3.63) is 56.8 Å². The van der Waals surface area contributed by atoms with Crippen LogP contribution in [0.25, 0.3) is 31.1 Å². The molecule has 0 bridgehead atoms. The molecule has 2 aromatic heterocycles. The fraction of sp³-hybridized carbons (Fsp3) is 0. The van der Waals surface area contributed by atoms with Crippen molar-refractivity contribution >= 4 is 64.3 Å². The van der Waals surface area contributed by atoms with Crippen LogP contribution in [0.1, 0.15) is 10.5 Å². The first-order chi connectivity index (χ1) is 10.6. The molecule has 108 valence electrons. The Morgan fingerprint density at radius 2 is 1.91 bits per heavy atom. The lowest BCUT2D eigenvalue weighted by atomic mass is 10.1. The smallest absolute Gasteiger partial charge is 0.352 e. The zero-order chi connectivity index (χ0) is 15.4. The van der Waals surface area contributed by atoms with Crippen LogP contribution in [0.15, 0.2) is 45.7 Å². The number of rotatable bonds is 1. The van der Waals surface area contributed by atoms with Crippen molar-refractivity contribution in [1.29, 1.82) is 0 Å². The molecule has 0 spiro atoms. The van der Waals surface area contributed by atoms with Gasteiger partial charge in [-0.25, -0.2) is 4.79 Å². The molecule has 0 aliphatic carbocycles. The number of thiophene rings is 1. The van der Waals surface area contributed by atoms with Gasteiger partial charge >= 0.3 is 5.97 Å². The molecule has 6 heteroatoms. The number of carbonyl (C=O) groups is 1. The second-order valence-electron chi connectivity index (χ2n) is 4.94. The number of fused-ring (bicyclic) bond motifs is 4. The highest BCUT2D eigenvalue weighted by molar-refractivity contribution is 9.10. The molecule has 0 fully saturated rings. The van der Waals surface area contributed by atoms with Gasteiger partial charge in [0.05, 0.1) is 9.99 Å². The number of benzene rings is 2. The van der Waals surface area contributed by atoms with Crippen molar-refractivity contribution < 1.29 is 9.90 Å². The van der Waals surface area contributed by atoms with Crippen LogP contribution in [0.4, 0.5) is 0 Å². The van der Waals surface area contributed by atoms with E-state index in [0.717, 1.165) is 30.7 Å². The van der Waals surface area contributed by atoms with Crippen LogP contribution in [0.2, 0.25) is 0 Å². The summed E-state index contributed by atoms with van der Waals surface area (Å²) < 4.78 is 2.84. The fourth-order valence-corrected chi connectivity index (χ4v) is 4.68. The lowest BCUT2D eigenvalue weighted by molar-refractivity contribution is 0.0691. The monoisotopic (exact) mass is 373 g/mol. The van der Waals surface area contributed by atoms with Crippen LogP contribution in [0.3, 0.4) is 0 Å². The van der Waals surface area contributed by atoms with Crippen molar-refractivity contribution in [3.63, 3.8) is 0 Å². The quantitative estimate of drug-likeness (QED) is 0.520. The van der Waals surface area contributed by atoms with Gasteiger partial charge in [0, 0.05) is 31.6 Å². The second-order valence-corrected chi connectivity index (χ2v) is 6.81. The SMILES string of the molecule is O=C(O)c1cc(=O)c2cc3sc4ccccc4c3c(Br)c2[nH]1. The summed E-state index contributed by atoms with van der Waals surface area (Å²) in [5.41, 5.74) is 0.101. The number of nitrogens with one attached hydrogen (secondary N) is 1. The third-order valence-electron chi connectivity index (χ3n) is 3.64. The van der Waals surface area contributed by atoms with Crippen molar-refractivity contribution in [2.24, 2.45) is 0 Å². The Bertz CT molecular complexity index is 1140. The highest BCUT2D eigenvalue weighted by atomic mass is 79.9. The number of hydrogen-bond acceptors (Lipinski definition) is 3. The van der Waals surface area contributed by atoms with Gasteiger partial charge < -0.3 is 10.1 Å². The highest BCUT2D eigenvalue weighted by Crippen LogP contribution is 2.40. The van der Waals surface area contributed by atoms with E-state index in [4.69, 9.17) is 5.11 Å². The Labute approximate surface area is 136 Å². The molecule has 4 aromatic rings. The number of halogens is 1. The van der Waals surface area contributed by atoms with Crippen LogP contribution in [0, 0.1) is 0 Å². The van der Waals surface area contributed by atoms with E-state index in [0.29, 0.717) is 10.9 Å². The van der Waals surface area contributed by atoms with Crippen molar-refractivity contribution in [2.75, 3.05) is 0 Å².